The SMILES string of the molecule is CC(C)CNS(=O)(=O)c1ccc(OCC(=O)NCc2ccncc2)cc1. The third-order valence-electron chi connectivity index (χ3n) is 3.42. The number of pyridine rings is 1. The number of hydrogen-bond donors (Lipinski definition) is 2. The molecule has 0 fully saturated rings. The number of aromatic nitrogens is 1. The normalized spacial score (nSPS) is 11.3. The standard InChI is InChI=1S/C18H23N3O4S/c1-14(2)11-21-26(23,24)17-5-3-16(4-6-17)25-13-18(22)20-12-15-7-9-19-10-8-15/h3-10,14,21H,11-13H2,1-2H3,(H,20,22). The van der Waals surface area contributed by atoms with Gasteiger partial charge in [-0.15, -0.1) is 0 Å². The van der Waals surface area contributed by atoms with Gasteiger partial charge in [-0.05, 0) is 47.9 Å². The van der Waals surface area contributed by atoms with E-state index in [0.717, 1.165) is 5.56 Å². The van der Waals surface area contributed by atoms with Gasteiger partial charge in [-0.3, -0.25) is 9.78 Å². The van der Waals surface area contributed by atoms with E-state index in [0.29, 0.717) is 18.8 Å². The van der Waals surface area contributed by atoms with Crippen LogP contribution in [0.2, 0.25) is 0 Å². The molecule has 0 saturated carbocycles. The summed E-state index contributed by atoms with van der Waals surface area (Å²) in [7, 11) is -3.53. The van der Waals surface area contributed by atoms with Gasteiger partial charge in [0.15, 0.2) is 6.61 Å². The van der Waals surface area contributed by atoms with Crippen LogP contribution in [0.4, 0.5) is 0 Å². The maximum atomic E-state index is 12.1. The van der Waals surface area contributed by atoms with Gasteiger partial charge in [0.25, 0.3) is 5.91 Å². The Hall–Kier alpha value is -2.45. The van der Waals surface area contributed by atoms with Crippen LogP contribution >= 0.6 is 0 Å². The number of hydrogen-bond acceptors (Lipinski definition) is 5. The summed E-state index contributed by atoms with van der Waals surface area (Å²) in [6.07, 6.45) is 3.31. The molecule has 0 aliphatic carbocycles. The van der Waals surface area contributed by atoms with Crippen LogP contribution in [-0.2, 0) is 21.4 Å². The van der Waals surface area contributed by atoms with Gasteiger partial charge in [0.2, 0.25) is 10.0 Å². The van der Waals surface area contributed by atoms with E-state index in [2.05, 4.69) is 15.0 Å². The van der Waals surface area contributed by atoms with Crippen molar-refractivity contribution < 1.29 is 17.9 Å². The summed E-state index contributed by atoms with van der Waals surface area (Å²) in [5.41, 5.74) is 0.941. The summed E-state index contributed by atoms with van der Waals surface area (Å²) < 4.78 is 32.1. The van der Waals surface area contributed by atoms with E-state index in [1.165, 1.54) is 24.3 Å². The Bertz CT molecular complexity index is 806. The molecule has 2 N–H and O–H groups in total. The van der Waals surface area contributed by atoms with Gasteiger partial charge >= 0.3 is 0 Å². The van der Waals surface area contributed by atoms with Gasteiger partial charge < -0.3 is 10.1 Å². The fourth-order valence-corrected chi connectivity index (χ4v) is 3.19. The fourth-order valence-electron chi connectivity index (χ4n) is 1.98. The second-order valence-corrected chi connectivity index (χ2v) is 7.90. The molecule has 0 aliphatic rings. The molecule has 0 unspecified atom stereocenters. The minimum absolute atomic E-state index is 0.150. The summed E-state index contributed by atoms with van der Waals surface area (Å²) in [5.74, 6) is 0.377. The molecule has 26 heavy (non-hydrogen) atoms. The monoisotopic (exact) mass is 377 g/mol. The molecule has 1 amide bonds. The quantitative estimate of drug-likeness (QED) is 0.693. The van der Waals surface area contributed by atoms with Crippen molar-refractivity contribution >= 4 is 15.9 Å². The van der Waals surface area contributed by atoms with Gasteiger partial charge in [-0.25, -0.2) is 13.1 Å². The molecule has 8 heteroatoms. The predicted molar refractivity (Wildman–Crippen MR) is 98.0 cm³/mol. The van der Waals surface area contributed by atoms with Crippen molar-refractivity contribution in [2.75, 3.05) is 13.2 Å². The van der Waals surface area contributed by atoms with Crippen molar-refractivity contribution in [3.05, 3.63) is 54.4 Å². The molecular formula is C18H23N3O4S. The zero-order valence-electron chi connectivity index (χ0n) is 14.8. The van der Waals surface area contributed by atoms with Crippen LogP contribution in [-0.4, -0.2) is 32.5 Å². The van der Waals surface area contributed by atoms with Crippen molar-refractivity contribution in [2.45, 2.75) is 25.3 Å². The molecule has 0 spiro atoms. The highest BCUT2D eigenvalue weighted by Gasteiger charge is 2.14. The summed E-state index contributed by atoms with van der Waals surface area (Å²) >= 11 is 0. The van der Waals surface area contributed by atoms with Gasteiger partial charge in [0.05, 0.1) is 4.90 Å². The van der Waals surface area contributed by atoms with E-state index < -0.39 is 10.0 Å². The lowest BCUT2D eigenvalue weighted by Crippen LogP contribution is -2.28. The Morgan fingerprint density at radius 2 is 1.77 bits per heavy atom. The Balaban J connectivity index is 1.82. The van der Waals surface area contributed by atoms with Gasteiger partial charge in [0.1, 0.15) is 5.75 Å². The molecule has 2 rings (SSSR count). The minimum atomic E-state index is -3.53. The van der Waals surface area contributed by atoms with Crippen molar-refractivity contribution in [3.63, 3.8) is 0 Å². The molecule has 0 atom stereocenters. The lowest BCUT2D eigenvalue weighted by Gasteiger charge is -2.10. The number of rotatable bonds is 9. The summed E-state index contributed by atoms with van der Waals surface area (Å²) in [5, 5.41) is 2.73. The lowest BCUT2D eigenvalue weighted by molar-refractivity contribution is -0.123. The third kappa shape index (κ3) is 6.45. The van der Waals surface area contributed by atoms with Crippen LogP contribution in [0.25, 0.3) is 0 Å². The van der Waals surface area contributed by atoms with Crippen molar-refractivity contribution in [1.29, 1.82) is 0 Å². The molecule has 7 nitrogen and oxygen atoms in total. The zero-order chi connectivity index (χ0) is 19.0. The van der Waals surface area contributed by atoms with Crippen LogP contribution in [0.15, 0.2) is 53.7 Å². The lowest BCUT2D eigenvalue weighted by atomic mass is 10.2. The van der Waals surface area contributed by atoms with Crippen LogP contribution in [0.3, 0.4) is 0 Å². The first-order chi connectivity index (χ1) is 12.4. The fraction of sp³-hybridized carbons (Fsp3) is 0.333. The van der Waals surface area contributed by atoms with E-state index in [1.54, 1.807) is 12.4 Å². The number of carbonyl (C=O) groups excluding carboxylic acids is 1. The molecule has 140 valence electrons. The third-order valence-corrected chi connectivity index (χ3v) is 4.86. The first-order valence-electron chi connectivity index (χ1n) is 8.25. The van der Waals surface area contributed by atoms with Gasteiger partial charge in [-0.1, -0.05) is 13.8 Å². The maximum absolute atomic E-state index is 12.1. The van der Waals surface area contributed by atoms with Crippen LogP contribution in [0, 0.1) is 5.92 Å². The molecule has 0 aliphatic heterocycles. The number of nitrogens with one attached hydrogen (secondary N) is 2. The maximum Gasteiger partial charge on any atom is 0.258 e. The second kappa shape index (κ2) is 9.30. The molecule has 1 aromatic carbocycles. The largest absolute Gasteiger partial charge is 0.484 e. The van der Waals surface area contributed by atoms with Crippen molar-refractivity contribution in [3.8, 4) is 5.75 Å². The average Bonchev–Trinajstić information content (AvgIpc) is 2.64. The van der Waals surface area contributed by atoms with E-state index in [9.17, 15) is 13.2 Å². The number of amides is 1. The number of carbonyl (C=O) groups is 1. The van der Waals surface area contributed by atoms with Crippen molar-refractivity contribution in [2.24, 2.45) is 5.92 Å². The topological polar surface area (TPSA) is 97.4 Å². The summed E-state index contributed by atoms with van der Waals surface area (Å²) in [4.78, 5) is 15.9. The highest BCUT2D eigenvalue weighted by atomic mass is 32.2. The molecular weight excluding hydrogens is 354 g/mol. The highest BCUT2D eigenvalue weighted by Crippen LogP contribution is 2.16. The predicted octanol–water partition coefficient (Wildman–Crippen LogP) is 1.71. The Labute approximate surface area is 153 Å². The zero-order valence-corrected chi connectivity index (χ0v) is 15.6. The van der Waals surface area contributed by atoms with E-state index in [1.807, 2.05) is 26.0 Å². The Kier molecular flexibility index (Phi) is 7.11. The summed E-state index contributed by atoms with van der Waals surface area (Å²) in [6.45, 7) is 4.48. The van der Waals surface area contributed by atoms with Gasteiger partial charge in [-0.2, -0.15) is 0 Å². The number of nitrogens with zero attached hydrogens (tertiary/aromatic N) is 1. The number of ether oxygens (including phenoxy) is 1. The molecule has 1 aromatic heterocycles. The summed E-state index contributed by atoms with van der Waals surface area (Å²) in [6, 6.07) is 9.58. The Morgan fingerprint density at radius 3 is 2.38 bits per heavy atom. The molecule has 0 saturated heterocycles. The molecule has 2 aromatic rings. The second-order valence-electron chi connectivity index (χ2n) is 6.14. The first-order valence-corrected chi connectivity index (χ1v) is 9.73. The highest BCUT2D eigenvalue weighted by molar-refractivity contribution is 7.89. The molecule has 1 heterocycles. The van der Waals surface area contributed by atoms with Gasteiger partial charge in [0, 0.05) is 25.5 Å². The molecule has 0 bridgehead atoms. The van der Waals surface area contributed by atoms with Crippen molar-refractivity contribution in [1.82, 2.24) is 15.0 Å². The average molecular weight is 377 g/mol. The first kappa shape index (κ1) is 19.9. The van der Waals surface area contributed by atoms with Crippen LogP contribution in [0.1, 0.15) is 19.4 Å². The molecule has 0 radical (unpaired) electrons. The Morgan fingerprint density at radius 1 is 1.12 bits per heavy atom. The van der Waals surface area contributed by atoms with Crippen LogP contribution < -0.4 is 14.8 Å². The smallest absolute Gasteiger partial charge is 0.258 e. The van der Waals surface area contributed by atoms with Crippen LogP contribution in [0.5, 0.6) is 5.75 Å². The van der Waals surface area contributed by atoms with E-state index in [-0.39, 0.29) is 23.3 Å². The minimum Gasteiger partial charge on any atom is -0.484 e. The van der Waals surface area contributed by atoms with E-state index >= 15 is 0 Å². The number of sulfonamides is 1. The van der Waals surface area contributed by atoms with E-state index in [4.69, 9.17) is 4.74 Å². The number of benzene rings is 1.